The van der Waals surface area contributed by atoms with E-state index in [1.54, 1.807) is 35.0 Å². The van der Waals surface area contributed by atoms with E-state index in [-0.39, 0.29) is 18.7 Å². The van der Waals surface area contributed by atoms with Crippen molar-refractivity contribution in [3.63, 3.8) is 0 Å². The van der Waals surface area contributed by atoms with Gasteiger partial charge in [-0.2, -0.15) is 4.98 Å². The molecular weight excluding hydrogens is 488 g/mol. The number of nitrogens with one attached hydrogen (secondary N) is 1. The van der Waals surface area contributed by atoms with Gasteiger partial charge in [-0.15, -0.1) is 5.10 Å². The molecule has 38 heavy (non-hydrogen) atoms. The zero-order valence-corrected chi connectivity index (χ0v) is 21.6. The number of rotatable bonds is 9. The van der Waals surface area contributed by atoms with Crippen LogP contribution in [0.3, 0.4) is 0 Å². The van der Waals surface area contributed by atoms with Crippen LogP contribution in [0.25, 0.3) is 17.1 Å². The Kier molecular flexibility index (Phi) is 7.03. The van der Waals surface area contributed by atoms with Crippen LogP contribution >= 0.6 is 0 Å². The van der Waals surface area contributed by atoms with Crippen molar-refractivity contribution < 1.29 is 28.5 Å². The molecule has 0 radical (unpaired) electrons. The molecule has 1 aliphatic heterocycles. The lowest BCUT2D eigenvalue weighted by molar-refractivity contribution is 0.102. The number of nitrogens with zero attached hydrogens (tertiary/aromatic N) is 3. The maximum atomic E-state index is 13.1. The van der Waals surface area contributed by atoms with Crippen molar-refractivity contribution in [2.45, 2.75) is 13.8 Å². The van der Waals surface area contributed by atoms with Crippen molar-refractivity contribution in [3.8, 4) is 46.1 Å². The molecular formula is C28H28N4O6. The summed E-state index contributed by atoms with van der Waals surface area (Å²) in [5.74, 6) is 2.72. The lowest BCUT2D eigenvalue weighted by atomic mass is 10.1. The molecule has 1 amide bonds. The molecule has 196 valence electrons. The summed E-state index contributed by atoms with van der Waals surface area (Å²) in [7, 11) is 3.02. The largest absolute Gasteiger partial charge is 0.496 e. The van der Waals surface area contributed by atoms with E-state index in [0.29, 0.717) is 52.6 Å². The second kappa shape index (κ2) is 10.7. The Balaban J connectivity index is 1.44. The predicted molar refractivity (Wildman–Crippen MR) is 141 cm³/mol. The summed E-state index contributed by atoms with van der Waals surface area (Å²) in [5, 5.41) is 7.50. The normalized spacial score (nSPS) is 11.9. The summed E-state index contributed by atoms with van der Waals surface area (Å²) in [6.45, 7) is 4.79. The molecule has 2 heterocycles. The smallest absolute Gasteiger partial charge is 0.336 e. The first-order valence-corrected chi connectivity index (χ1v) is 12.1. The molecule has 4 aromatic rings. The maximum Gasteiger partial charge on any atom is 0.336 e. The van der Waals surface area contributed by atoms with Gasteiger partial charge in [-0.1, -0.05) is 19.9 Å². The molecule has 5 rings (SSSR count). The molecule has 1 aliphatic rings. The Bertz CT molecular complexity index is 1430. The fraction of sp³-hybridized carbons (Fsp3) is 0.250. The fourth-order valence-corrected chi connectivity index (χ4v) is 3.95. The van der Waals surface area contributed by atoms with Crippen LogP contribution < -0.4 is 29.0 Å². The van der Waals surface area contributed by atoms with Crippen molar-refractivity contribution in [1.82, 2.24) is 14.8 Å². The Morgan fingerprint density at radius 1 is 1.00 bits per heavy atom. The summed E-state index contributed by atoms with van der Waals surface area (Å²) >= 11 is 0. The van der Waals surface area contributed by atoms with Crippen LogP contribution in [-0.4, -0.2) is 48.3 Å². The summed E-state index contributed by atoms with van der Waals surface area (Å²) in [4.78, 5) is 17.7. The Morgan fingerprint density at radius 2 is 1.71 bits per heavy atom. The van der Waals surface area contributed by atoms with E-state index in [0.717, 1.165) is 11.3 Å². The molecule has 1 N–H and O–H groups in total. The van der Waals surface area contributed by atoms with Crippen LogP contribution in [-0.2, 0) is 0 Å². The third kappa shape index (κ3) is 5.06. The van der Waals surface area contributed by atoms with E-state index in [4.69, 9.17) is 23.7 Å². The lowest BCUT2D eigenvalue weighted by Gasteiger charge is -2.13. The Labute approximate surface area is 220 Å². The molecule has 0 atom stereocenters. The number of ether oxygens (including phenoxy) is 5. The quantitative estimate of drug-likeness (QED) is 0.333. The van der Waals surface area contributed by atoms with Gasteiger partial charge in [0.15, 0.2) is 17.3 Å². The Hall–Kier alpha value is -4.73. The fourth-order valence-electron chi connectivity index (χ4n) is 3.95. The third-order valence-electron chi connectivity index (χ3n) is 5.79. The van der Waals surface area contributed by atoms with Gasteiger partial charge in [0, 0.05) is 11.3 Å². The van der Waals surface area contributed by atoms with Gasteiger partial charge in [-0.3, -0.25) is 4.79 Å². The number of fused-ring (bicyclic) bond motifs is 1. The number of aromatic nitrogens is 3. The summed E-state index contributed by atoms with van der Waals surface area (Å²) in [6.07, 6.45) is 0. The summed E-state index contributed by atoms with van der Waals surface area (Å²) in [6, 6.07) is 18.3. The number of benzene rings is 3. The molecule has 0 saturated heterocycles. The van der Waals surface area contributed by atoms with Crippen molar-refractivity contribution in [3.05, 3.63) is 66.2 Å². The van der Waals surface area contributed by atoms with Crippen LogP contribution in [0, 0.1) is 5.92 Å². The van der Waals surface area contributed by atoms with Crippen molar-refractivity contribution in [2.75, 3.05) is 32.9 Å². The van der Waals surface area contributed by atoms with Crippen LogP contribution in [0.1, 0.15) is 24.2 Å². The van der Waals surface area contributed by atoms with Gasteiger partial charge < -0.3 is 29.0 Å². The first-order valence-electron chi connectivity index (χ1n) is 12.1. The van der Waals surface area contributed by atoms with Crippen LogP contribution in [0.5, 0.6) is 29.0 Å². The van der Waals surface area contributed by atoms with Crippen LogP contribution in [0.4, 0.5) is 5.69 Å². The van der Waals surface area contributed by atoms with E-state index in [9.17, 15) is 4.79 Å². The average Bonchev–Trinajstić information content (AvgIpc) is 3.58. The average molecular weight is 517 g/mol. The van der Waals surface area contributed by atoms with Crippen molar-refractivity contribution in [2.24, 2.45) is 5.92 Å². The first-order chi connectivity index (χ1) is 18.5. The molecule has 10 heteroatoms. The molecule has 3 aromatic carbocycles. The van der Waals surface area contributed by atoms with Gasteiger partial charge in [0.25, 0.3) is 5.91 Å². The predicted octanol–water partition coefficient (Wildman–Crippen LogP) is 4.97. The van der Waals surface area contributed by atoms with Crippen LogP contribution in [0.2, 0.25) is 0 Å². The standard InChI is InChI=1S/C28H28N4O6/c1-17(2)15-36-28-30-26(18-8-13-21-24(14-18)38-16-37-21)32(31-28)20-11-9-19(10-12-20)29-27(33)25-22(34-3)6-5-7-23(25)35-4/h5-14,17H,15-16H2,1-4H3,(H,29,33). The van der Waals surface area contributed by atoms with Gasteiger partial charge >= 0.3 is 6.01 Å². The summed E-state index contributed by atoms with van der Waals surface area (Å²) < 4.78 is 29.2. The van der Waals surface area contributed by atoms with Crippen LogP contribution in [0.15, 0.2) is 60.7 Å². The molecule has 0 fully saturated rings. The second-order valence-electron chi connectivity index (χ2n) is 8.94. The first kappa shape index (κ1) is 24.9. The van der Waals surface area contributed by atoms with Gasteiger partial charge in [0.1, 0.15) is 17.1 Å². The number of methoxy groups -OCH3 is 2. The SMILES string of the molecule is COc1cccc(OC)c1C(=O)Nc1ccc(-n2nc(OCC(C)C)nc2-c2ccc3c(c2)OCO3)cc1. The van der Waals surface area contributed by atoms with Crippen molar-refractivity contribution in [1.29, 1.82) is 0 Å². The van der Waals surface area contributed by atoms with E-state index in [1.165, 1.54) is 14.2 Å². The number of carbonyl (C=O) groups is 1. The minimum Gasteiger partial charge on any atom is -0.496 e. The minimum atomic E-state index is -0.349. The minimum absolute atomic E-state index is 0.183. The van der Waals surface area contributed by atoms with Gasteiger partial charge in [0.2, 0.25) is 6.79 Å². The number of hydrogen-bond acceptors (Lipinski definition) is 8. The molecule has 1 aromatic heterocycles. The molecule has 10 nitrogen and oxygen atoms in total. The Morgan fingerprint density at radius 3 is 2.39 bits per heavy atom. The van der Waals surface area contributed by atoms with E-state index >= 15 is 0 Å². The van der Waals surface area contributed by atoms with E-state index in [1.807, 2.05) is 30.3 Å². The maximum absolute atomic E-state index is 13.1. The zero-order valence-electron chi connectivity index (χ0n) is 21.6. The van der Waals surface area contributed by atoms with Crippen molar-refractivity contribution >= 4 is 11.6 Å². The topological polar surface area (TPSA) is 106 Å². The number of anilines is 1. The van der Waals surface area contributed by atoms with Gasteiger partial charge in [-0.25, -0.2) is 4.68 Å². The number of amides is 1. The highest BCUT2D eigenvalue weighted by molar-refractivity contribution is 6.08. The highest BCUT2D eigenvalue weighted by atomic mass is 16.7. The molecule has 0 bridgehead atoms. The van der Waals surface area contributed by atoms with E-state index in [2.05, 4.69) is 29.2 Å². The summed E-state index contributed by atoms with van der Waals surface area (Å²) in [5.41, 5.74) is 2.43. The second-order valence-corrected chi connectivity index (χ2v) is 8.94. The third-order valence-corrected chi connectivity index (χ3v) is 5.79. The molecule has 0 aliphatic carbocycles. The highest BCUT2D eigenvalue weighted by Gasteiger charge is 2.21. The monoisotopic (exact) mass is 516 g/mol. The van der Waals surface area contributed by atoms with E-state index < -0.39 is 0 Å². The van der Waals surface area contributed by atoms with Gasteiger partial charge in [0.05, 0.1) is 26.5 Å². The number of carbonyl (C=O) groups excluding carboxylic acids is 1. The molecule has 0 saturated carbocycles. The van der Waals surface area contributed by atoms with Gasteiger partial charge in [-0.05, 0) is 60.5 Å². The lowest BCUT2D eigenvalue weighted by Crippen LogP contribution is -2.14. The zero-order chi connectivity index (χ0) is 26.6. The number of hydrogen-bond donors (Lipinski definition) is 1. The highest BCUT2D eigenvalue weighted by Crippen LogP contribution is 2.36. The molecule has 0 spiro atoms. The molecule has 0 unspecified atom stereocenters.